The number of rotatable bonds is 11. The van der Waals surface area contributed by atoms with Crippen molar-refractivity contribution in [2.75, 3.05) is 40.4 Å². The van der Waals surface area contributed by atoms with Gasteiger partial charge in [-0.25, -0.2) is 0 Å². The second-order valence-corrected chi connectivity index (χ2v) is 9.99. The Balaban J connectivity index is 2.10. The summed E-state index contributed by atoms with van der Waals surface area (Å²) in [4.78, 5) is 30.0. The number of aliphatic hydroxyl groups is 1. The first kappa shape index (κ1) is 28.1. The molecule has 2 aromatic rings. The molecule has 0 spiro atoms. The van der Waals surface area contributed by atoms with Crippen molar-refractivity contribution >= 4 is 17.4 Å². The summed E-state index contributed by atoms with van der Waals surface area (Å²) >= 11 is 0. The minimum absolute atomic E-state index is 0.0157. The Bertz CT molecular complexity index is 1170. The molecule has 37 heavy (non-hydrogen) atoms. The van der Waals surface area contributed by atoms with Gasteiger partial charge in [-0.2, -0.15) is 0 Å². The van der Waals surface area contributed by atoms with Gasteiger partial charge in [0.1, 0.15) is 11.5 Å². The van der Waals surface area contributed by atoms with E-state index >= 15 is 0 Å². The topological polar surface area (TPSA) is 99.5 Å². The van der Waals surface area contributed by atoms with Gasteiger partial charge in [0.25, 0.3) is 11.7 Å². The summed E-state index contributed by atoms with van der Waals surface area (Å²) in [5, 5.41) is 21.7. The van der Waals surface area contributed by atoms with Crippen LogP contribution in [-0.2, 0) is 9.59 Å². The third-order valence-corrected chi connectivity index (χ3v) is 6.18. The number of carbonyl (C=O) groups excluding carboxylic acids is 2. The van der Waals surface area contributed by atoms with E-state index in [2.05, 4.69) is 13.8 Å². The number of aromatic hydroxyl groups is 1. The predicted octanol–water partition coefficient (Wildman–Crippen LogP) is 4.51. The van der Waals surface area contributed by atoms with Crippen molar-refractivity contribution < 1.29 is 29.3 Å². The van der Waals surface area contributed by atoms with Crippen LogP contribution in [0.4, 0.5) is 0 Å². The number of ether oxygens (including phenoxy) is 2. The third-order valence-electron chi connectivity index (χ3n) is 6.18. The second-order valence-electron chi connectivity index (χ2n) is 9.99. The zero-order valence-corrected chi connectivity index (χ0v) is 22.6. The molecular weight excluding hydrogens is 472 g/mol. The van der Waals surface area contributed by atoms with Crippen molar-refractivity contribution in [2.24, 2.45) is 5.92 Å². The fourth-order valence-corrected chi connectivity index (χ4v) is 4.39. The Kier molecular flexibility index (Phi) is 9.21. The van der Waals surface area contributed by atoms with Gasteiger partial charge >= 0.3 is 0 Å². The highest BCUT2D eigenvalue weighted by Gasteiger charge is 2.46. The largest absolute Gasteiger partial charge is 0.507 e. The summed E-state index contributed by atoms with van der Waals surface area (Å²) in [5.74, 6) is -0.391. The van der Waals surface area contributed by atoms with Crippen molar-refractivity contribution in [3.05, 3.63) is 58.7 Å². The van der Waals surface area contributed by atoms with E-state index in [0.29, 0.717) is 49.0 Å². The molecular formula is C29H38N2O6. The monoisotopic (exact) mass is 510 g/mol. The Morgan fingerprint density at radius 2 is 1.84 bits per heavy atom. The highest BCUT2D eigenvalue weighted by atomic mass is 16.5. The number of aliphatic hydroxyl groups excluding tert-OH is 1. The zero-order chi connectivity index (χ0) is 27.3. The van der Waals surface area contributed by atoms with Crippen LogP contribution in [-0.4, -0.2) is 72.1 Å². The Labute approximate surface area is 219 Å². The van der Waals surface area contributed by atoms with E-state index in [0.717, 1.165) is 12.1 Å². The molecule has 1 fully saturated rings. The molecule has 200 valence electrons. The van der Waals surface area contributed by atoms with Gasteiger partial charge in [-0.1, -0.05) is 19.9 Å². The summed E-state index contributed by atoms with van der Waals surface area (Å²) in [6, 6.07) is 9.20. The summed E-state index contributed by atoms with van der Waals surface area (Å²) in [7, 11) is 3.88. The molecule has 3 rings (SSSR count). The zero-order valence-electron chi connectivity index (χ0n) is 22.6. The summed E-state index contributed by atoms with van der Waals surface area (Å²) in [5.41, 5.74) is 1.76. The molecule has 2 N–H and O–H groups in total. The molecule has 1 amide bonds. The molecule has 0 unspecified atom stereocenters. The first-order valence-corrected chi connectivity index (χ1v) is 12.7. The number of benzene rings is 2. The second kappa shape index (κ2) is 12.1. The van der Waals surface area contributed by atoms with E-state index in [4.69, 9.17) is 9.47 Å². The van der Waals surface area contributed by atoms with E-state index in [1.807, 2.05) is 32.0 Å². The minimum atomic E-state index is -0.821. The van der Waals surface area contributed by atoms with Gasteiger partial charge in [0, 0.05) is 12.1 Å². The average molecular weight is 511 g/mol. The van der Waals surface area contributed by atoms with Crippen molar-refractivity contribution in [3.63, 3.8) is 0 Å². The number of hydrogen-bond donors (Lipinski definition) is 2. The number of Topliss-reactive ketones (excluding diaryl/α,β-unsaturated/α-hetero) is 1. The number of aryl methyl sites for hydroxylation is 1. The maximum Gasteiger partial charge on any atom is 0.295 e. The molecule has 0 radical (unpaired) electrons. The van der Waals surface area contributed by atoms with Gasteiger partial charge in [0.15, 0.2) is 11.5 Å². The SMILES string of the molecule is CCOc1cc([C@@H]2C(=C(O)c3ccc(OCC(C)C)cc3C)C(=O)C(=O)N2CCCN(C)C)ccc1O. The summed E-state index contributed by atoms with van der Waals surface area (Å²) in [6.45, 7) is 9.71. The molecule has 8 nitrogen and oxygen atoms in total. The van der Waals surface area contributed by atoms with E-state index in [-0.39, 0.29) is 22.8 Å². The Morgan fingerprint density at radius 1 is 1.11 bits per heavy atom. The lowest BCUT2D eigenvalue weighted by molar-refractivity contribution is -0.139. The van der Waals surface area contributed by atoms with Crippen LogP contribution in [0.25, 0.3) is 5.76 Å². The number of amides is 1. The van der Waals surface area contributed by atoms with Crippen LogP contribution in [0.2, 0.25) is 0 Å². The summed E-state index contributed by atoms with van der Waals surface area (Å²) < 4.78 is 11.3. The van der Waals surface area contributed by atoms with Gasteiger partial charge in [0.2, 0.25) is 0 Å². The van der Waals surface area contributed by atoms with E-state index < -0.39 is 17.7 Å². The predicted molar refractivity (Wildman–Crippen MR) is 143 cm³/mol. The molecule has 0 aromatic heterocycles. The van der Waals surface area contributed by atoms with Crippen LogP contribution < -0.4 is 9.47 Å². The highest BCUT2D eigenvalue weighted by molar-refractivity contribution is 6.46. The number of nitrogens with zero attached hydrogens (tertiary/aromatic N) is 2. The standard InChI is InChI=1S/C29H38N2O6/c1-7-36-24-16-20(9-12-23(24)32)26-25(28(34)29(35)31(26)14-8-13-30(5)6)27(33)22-11-10-21(15-19(22)4)37-17-18(2)3/h9-12,15-16,18,26,32-33H,7-8,13-14,17H2,1-6H3/t26-/m1/s1. The molecule has 0 saturated carbocycles. The fraction of sp³-hybridized carbons (Fsp3) is 0.448. The molecule has 1 saturated heterocycles. The first-order chi connectivity index (χ1) is 17.5. The van der Waals surface area contributed by atoms with Crippen molar-refractivity contribution in [3.8, 4) is 17.2 Å². The number of hydrogen-bond acceptors (Lipinski definition) is 7. The molecule has 0 bridgehead atoms. The van der Waals surface area contributed by atoms with Crippen LogP contribution in [0.1, 0.15) is 49.9 Å². The van der Waals surface area contributed by atoms with Gasteiger partial charge < -0.3 is 29.5 Å². The number of phenolic OH excluding ortho intramolecular Hbond substituents is 1. The van der Waals surface area contributed by atoms with Crippen molar-refractivity contribution in [1.82, 2.24) is 9.80 Å². The van der Waals surface area contributed by atoms with E-state index in [1.165, 1.54) is 11.0 Å². The van der Waals surface area contributed by atoms with Gasteiger partial charge in [0.05, 0.1) is 24.8 Å². The third kappa shape index (κ3) is 6.43. The molecule has 1 atom stereocenters. The quantitative estimate of drug-likeness (QED) is 0.261. The Morgan fingerprint density at radius 3 is 2.46 bits per heavy atom. The first-order valence-electron chi connectivity index (χ1n) is 12.7. The number of phenols is 1. The molecule has 1 aliphatic rings. The molecule has 2 aromatic carbocycles. The van der Waals surface area contributed by atoms with Crippen LogP contribution in [0.5, 0.6) is 17.2 Å². The lowest BCUT2D eigenvalue weighted by Crippen LogP contribution is -2.32. The summed E-state index contributed by atoms with van der Waals surface area (Å²) in [6.07, 6.45) is 0.647. The van der Waals surface area contributed by atoms with Crippen molar-refractivity contribution in [2.45, 2.75) is 40.2 Å². The average Bonchev–Trinajstić information content (AvgIpc) is 3.09. The smallest absolute Gasteiger partial charge is 0.295 e. The number of carbonyl (C=O) groups is 2. The lowest BCUT2D eigenvalue weighted by Gasteiger charge is -2.26. The number of ketones is 1. The minimum Gasteiger partial charge on any atom is -0.507 e. The van der Waals surface area contributed by atoms with Gasteiger partial charge in [-0.3, -0.25) is 9.59 Å². The maximum absolute atomic E-state index is 13.3. The van der Waals surface area contributed by atoms with Crippen LogP contribution in [0, 0.1) is 12.8 Å². The van der Waals surface area contributed by atoms with Crippen LogP contribution in [0.3, 0.4) is 0 Å². The fourth-order valence-electron chi connectivity index (χ4n) is 4.39. The van der Waals surface area contributed by atoms with Gasteiger partial charge in [-0.15, -0.1) is 0 Å². The maximum atomic E-state index is 13.3. The van der Waals surface area contributed by atoms with E-state index in [9.17, 15) is 19.8 Å². The lowest BCUT2D eigenvalue weighted by atomic mass is 9.93. The molecule has 8 heteroatoms. The van der Waals surface area contributed by atoms with Crippen molar-refractivity contribution in [1.29, 1.82) is 0 Å². The highest BCUT2D eigenvalue weighted by Crippen LogP contribution is 2.42. The molecule has 1 heterocycles. The van der Waals surface area contributed by atoms with Crippen LogP contribution >= 0.6 is 0 Å². The molecule has 0 aliphatic carbocycles. The number of likely N-dealkylation sites (tertiary alicyclic amines) is 1. The molecule has 1 aliphatic heterocycles. The van der Waals surface area contributed by atoms with E-state index in [1.54, 1.807) is 31.2 Å². The normalized spacial score (nSPS) is 17.2. The Hall–Kier alpha value is -3.52. The van der Waals surface area contributed by atoms with Crippen LogP contribution in [0.15, 0.2) is 42.0 Å². The van der Waals surface area contributed by atoms with Gasteiger partial charge in [-0.05, 0) is 88.3 Å².